The number of thioether (sulfide) groups is 1. The molecule has 1 aliphatic heterocycles. The zero-order chi connectivity index (χ0) is 19.5. The van der Waals surface area contributed by atoms with E-state index in [9.17, 15) is 0 Å². The van der Waals surface area contributed by atoms with Crippen LogP contribution in [0, 0.1) is 6.92 Å². The van der Waals surface area contributed by atoms with Crippen molar-refractivity contribution in [2.75, 3.05) is 44.4 Å². The molecule has 1 aromatic carbocycles. The normalized spacial score (nSPS) is 16.4. The highest BCUT2D eigenvalue weighted by molar-refractivity contribution is 7.98. The standard InChI is InChI=1S/C20H25N5O2S/c1-13-4-6-15(7-5-13)19-22-18-16(27-19)17(23-20(24-18)28-3)21-12-14(2)25-8-10-26-11-9-25/h4-7,14H,8-12H2,1-3H3,(H,21,23,24)/t14-/m1/s1. The lowest BCUT2D eigenvalue weighted by Gasteiger charge is -2.32. The second kappa shape index (κ2) is 8.46. The van der Waals surface area contributed by atoms with E-state index in [2.05, 4.69) is 39.0 Å². The summed E-state index contributed by atoms with van der Waals surface area (Å²) < 4.78 is 11.5. The van der Waals surface area contributed by atoms with Gasteiger partial charge in [-0.25, -0.2) is 4.98 Å². The van der Waals surface area contributed by atoms with Gasteiger partial charge in [-0.1, -0.05) is 29.5 Å². The van der Waals surface area contributed by atoms with E-state index in [4.69, 9.17) is 9.15 Å². The van der Waals surface area contributed by atoms with E-state index < -0.39 is 0 Å². The molecule has 1 fully saturated rings. The molecule has 0 aliphatic carbocycles. The van der Waals surface area contributed by atoms with Gasteiger partial charge in [0.05, 0.1) is 13.2 Å². The summed E-state index contributed by atoms with van der Waals surface area (Å²) in [5.41, 5.74) is 3.31. The summed E-state index contributed by atoms with van der Waals surface area (Å²) >= 11 is 1.50. The lowest BCUT2D eigenvalue weighted by Crippen LogP contribution is -2.45. The molecule has 0 amide bonds. The molecule has 28 heavy (non-hydrogen) atoms. The first-order valence-corrected chi connectivity index (χ1v) is 10.7. The van der Waals surface area contributed by atoms with Crippen LogP contribution in [0.25, 0.3) is 22.7 Å². The van der Waals surface area contributed by atoms with Crippen molar-refractivity contribution in [1.82, 2.24) is 19.9 Å². The Labute approximate surface area is 168 Å². The Bertz CT molecular complexity index is 938. The molecular formula is C20H25N5O2S. The van der Waals surface area contributed by atoms with Crippen molar-refractivity contribution >= 4 is 28.8 Å². The second-order valence-corrected chi connectivity index (χ2v) is 7.75. The molecule has 0 unspecified atom stereocenters. The minimum absolute atomic E-state index is 0.367. The number of fused-ring (bicyclic) bond motifs is 1. The Kier molecular flexibility index (Phi) is 5.79. The summed E-state index contributed by atoms with van der Waals surface area (Å²) in [6, 6.07) is 8.48. The van der Waals surface area contributed by atoms with E-state index in [0.717, 1.165) is 38.4 Å². The van der Waals surface area contributed by atoms with Crippen molar-refractivity contribution in [3.8, 4) is 11.5 Å². The molecule has 0 bridgehead atoms. The summed E-state index contributed by atoms with van der Waals surface area (Å²) in [5.74, 6) is 1.26. The van der Waals surface area contributed by atoms with Gasteiger partial charge in [-0.3, -0.25) is 4.90 Å². The van der Waals surface area contributed by atoms with E-state index in [1.54, 1.807) is 0 Å². The van der Waals surface area contributed by atoms with Gasteiger partial charge >= 0.3 is 0 Å². The first kappa shape index (κ1) is 19.2. The molecule has 2 aromatic heterocycles. The number of aryl methyl sites for hydroxylation is 1. The predicted molar refractivity (Wildman–Crippen MR) is 112 cm³/mol. The van der Waals surface area contributed by atoms with Crippen LogP contribution in [0.4, 0.5) is 5.82 Å². The first-order valence-electron chi connectivity index (χ1n) is 9.49. The van der Waals surface area contributed by atoms with Crippen LogP contribution < -0.4 is 5.32 Å². The van der Waals surface area contributed by atoms with Gasteiger partial charge in [0.1, 0.15) is 0 Å². The van der Waals surface area contributed by atoms with Crippen molar-refractivity contribution in [3.05, 3.63) is 29.8 Å². The third-order valence-electron chi connectivity index (χ3n) is 4.95. The Balaban J connectivity index is 1.60. The smallest absolute Gasteiger partial charge is 0.229 e. The van der Waals surface area contributed by atoms with E-state index in [0.29, 0.717) is 34.1 Å². The average Bonchev–Trinajstić information content (AvgIpc) is 3.17. The highest BCUT2D eigenvalue weighted by atomic mass is 32.2. The molecule has 7 nitrogen and oxygen atoms in total. The van der Waals surface area contributed by atoms with E-state index in [1.165, 1.54) is 17.3 Å². The largest absolute Gasteiger partial charge is 0.430 e. The van der Waals surface area contributed by atoms with Gasteiger partial charge in [0, 0.05) is 31.2 Å². The molecular weight excluding hydrogens is 374 g/mol. The van der Waals surface area contributed by atoms with Crippen molar-refractivity contribution < 1.29 is 9.15 Å². The number of nitrogens with one attached hydrogen (secondary N) is 1. The van der Waals surface area contributed by atoms with Gasteiger partial charge in [-0.05, 0) is 32.2 Å². The lowest BCUT2D eigenvalue weighted by molar-refractivity contribution is 0.0227. The second-order valence-electron chi connectivity index (χ2n) is 6.97. The number of anilines is 1. The molecule has 0 spiro atoms. The van der Waals surface area contributed by atoms with Crippen LogP contribution >= 0.6 is 11.8 Å². The number of ether oxygens (including phenoxy) is 1. The Morgan fingerprint density at radius 3 is 2.61 bits per heavy atom. The molecule has 1 N–H and O–H groups in total. The van der Waals surface area contributed by atoms with E-state index in [1.807, 2.05) is 30.5 Å². The zero-order valence-corrected chi connectivity index (χ0v) is 17.3. The Hall–Kier alpha value is -2.16. The molecule has 1 aliphatic rings. The average molecular weight is 400 g/mol. The fourth-order valence-electron chi connectivity index (χ4n) is 3.23. The molecule has 0 saturated carbocycles. The number of rotatable bonds is 6. The number of nitrogens with zero attached hydrogens (tertiary/aromatic N) is 4. The van der Waals surface area contributed by atoms with Crippen LogP contribution in [-0.2, 0) is 4.74 Å². The van der Waals surface area contributed by atoms with Crippen molar-refractivity contribution in [2.24, 2.45) is 0 Å². The van der Waals surface area contributed by atoms with Crippen LogP contribution in [0.1, 0.15) is 12.5 Å². The van der Waals surface area contributed by atoms with Crippen LogP contribution in [0.3, 0.4) is 0 Å². The summed E-state index contributed by atoms with van der Waals surface area (Å²) in [5, 5.41) is 4.13. The van der Waals surface area contributed by atoms with Gasteiger partial charge < -0.3 is 14.5 Å². The van der Waals surface area contributed by atoms with Crippen LogP contribution in [0.5, 0.6) is 0 Å². The highest BCUT2D eigenvalue weighted by Crippen LogP contribution is 2.29. The van der Waals surface area contributed by atoms with E-state index >= 15 is 0 Å². The topological polar surface area (TPSA) is 76.3 Å². The number of benzene rings is 1. The predicted octanol–water partition coefficient (Wildman–Crippen LogP) is 3.45. The lowest BCUT2D eigenvalue weighted by atomic mass is 10.1. The monoisotopic (exact) mass is 399 g/mol. The third kappa shape index (κ3) is 4.14. The summed E-state index contributed by atoms with van der Waals surface area (Å²) in [6.45, 7) is 8.53. The Morgan fingerprint density at radius 2 is 1.89 bits per heavy atom. The number of hydrogen-bond acceptors (Lipinski definition) is 8. The van der Waals surface area contributed by atoms with Crippen LogP contribution in [0.2, 0.25) is 0 Å². The fraction of sp³-hybridized carbons (Fsp3) is 0.450. The molecule has 148 valence electrons. The summed E-state index contributed by atoms with van der Waals surface area (Å²) in [6.07, 6.45) is 1.96. The number of aromatic nitrogens is 3. The van der Waals surface area contributed by atoms with Gasteiger partial charge in [-0.2, -0.15) is 9.97 Å². The molecule has 1 atom stereocenters. The molecule has 0 radical (unpaired) electrons. The van der Waals surface area contributed by atoms with Crippen molar-refractivity contribution in [3.63, 3.8) is 0 Å². The third-order valence-corrected chi connectivity index (χ3v) is 5.50. The van der Waals surface area contributed by atoms with Gasteiger partial charge in [0.25, 0.3) is 0 Å². The summed E-state index contributed by atoms with van der Waals surface area (Å²) in [7, 11) is 0. The number of hydrogen-bond donors (Lipinski definition) is 1. The SMILES string of the molecule is CSc1nc(NC[C@@H](C)N2CCOCC2)c2oc(-c3ccc(C)cc3)nc2n1. The Morgan fingerprint density at radius 1 is 1.14 bits per heavy atom. The first-order chi connectivity index (χ1) is 13.6. The molecule has 4 rings (SSSR count). The van der Waals surface area contributed by atoms with Crippen molar-refractivity contribution in [1.29, 1.82) is 0 Å². The van der Waals surface area contributed by atoms with Crippen molar-refractivity contribution in [2.45, 2.75) is 25.0 Å². The molecule has 3 heterocycles. The highest BCUT2D eigenvalue weighted by Gasteiger charge is 2.20. The van der Waals surface area contributed by atoms with Crippen LogP contribution in [-0.4, -0.2) is 65.0 Å². The minimum atomic E-state index is 0.367. The van der Waals surface area contributed by atoms with Gasteiger partial charge in [0.2, 0.25) is 17.1 Å². The van der Waals surface area contributed by atoms with Crippen LogP contribution in [0.15, 0.2) is 33.8 Å². The quantitative estimate of drug-likeness (QED) is 0.499. The molecule has 1 saturated heterocycles. The maximum Gasteiger partial charge on any atom is 0.229 e. The minimum Gasteiger partial charge on any atom is -0.430 e. The summed E-state index contributed by atoms with van der Waals surface area (Å²) in [4.78, 5) is 16.2. The number of morpholine rings is 1. The maximum atomic E-state index is 6.06. The fourth-order valence-corrected chi connectivity index (χ4v) is 3.59. The molecule has 3 aromatic rings. The zero-order valence-electron chi connectivity index (χ0n) is 16.4. The van der Waals surface area contributed by atoms with Gasteiger partial charge in [0.15, 0.2) is 11.0 Å². The molecule has 8 heteroatoms. The number of oxazole rings is 1. The van der Waals surface area contributed by atoms with Gasteiger partial charge in [-0.15, -0.1) is 0 Å². The maximum absolute atomic E-state index is 6.06. The van der Waals surface area contributed by atoms with E-state index in [-0.39, 0.29) is 0 Å².